The van der Waals surface area contributed by atoms with Crippen LogP contribution in [0, 0.1) is 0 Å². The molecule has 2 amide bonds. The predicted octanol–water partition coefficient (Wildman–Crippen LogP) is 3.67. The van der Waals surface area contributed by atoms with E-state index in [2.05, 4.69) is 10.6 Å². The van der Waals surface area contributed by atoms with Gasteiger partial charge in [0.15, 0.2) is 0 Å². The van der Waals surface area contributed by atoms with Gasteiger partial charge in [-0.2, -0.15) is 11.3 Å². The second kappa shape index (κ2) is 7.90. The number of carbonyl (C=O) groups is 2. The second-order valence-electron chi connectivity index (χ2n) is 5.17. The van der Waals surface area contributed by atoms with Gasteiger partial charge in [-0.3, -0.25) is 9.59 Å². The minimum absolute atomic E-state index is 0.0809. The minimum atomic E-state index is -0.102. The number of nitrogens with one attached hydrogen (secondary N) is 2. The molecule has 2 aromatic heterocycles. The summed E-state index contributed by atoms with van der Waals surface area (Å²) in [5.41, 5.74) is 2.66. The first-order valence-electron chi connectivity index (χ1n) is 7.42. The first kappa shape index (κ1) is 16.4. The van der Waals surface area contributed by atoms with Gasteiger partial charge < -0.3 is 10.6 Å². The van der Waals surface area contributed by atoms with Gasteiger partial charge in [0, 0.05) is 18.7 Å². The van der Waals surface area contributed by atoms with Gasteiger partial charge in [0.25, 0.3) is 11.8 Å². The molecule has 122 valence electrons. The lowest BCUT2D eigenvalue weighted by molar-refractivity contribution is 0.0943. The van der Waals surface area contributed by atoms with Crippen LogP contribution in [0.25, 0.3) is 0 Å². The molecule has 0 aliphatic carbocycles. The Bertz CT molecular complexity index is 794. The Morgan fingerprint density at radius 2 is 1.58 bits per heavy atom. The summed E-state index contributed by atoms with van der Waals surface area (Å²) in [6.07, 6.45) is 0. The van der Waals surface area contributed by atoms with Crippen molar-refractivity contribution in [1.82, 2.24) is 10.6 Å². The van der Waals surface area contributed by atoms with Crippen LogP contribution in [-0.4, -0.2) is 11.8 Å². The first-order chi connectivity index (χ1) is 11.7. The fourth-order valence-electron chi connectivity index (χ4n) is 2.13. The van der Waals surface area contributed by atoms with Crippen LogP contribution in [0.1, 0.15) is 31.2 Å². The van der Waals surface area contributed by atoms with E-state index in [1.54, 1.807) is 29.5 Å². The number of thiophene rings is 2. The SMILES string of the molecule is O=C(NCc1ccsc1)c1ccc(CNC(=O)c2cccs2)cc1. The van der Waals surface area contributed by atoms with Gasteiger partial charge in [0.2, 0.25) is 0 Å². The fraction of sp³-hybridized carbons (Fsp3) is 0.111. The third-order valence-electron chi connectivity index (χ3n) is 3.45. The van der Waals surface area contributed by atoms with Crippen LogP contribution in [0.5, 0.6) is 0 Å². The normalized spacial score (nSPS) is 10.3. The van der Waals surface area contributed by atoms with E-state index in [9.17, 15) is 9.59 Å². The Kier molecular flexibility index (Phi) is 5.40. The van der Waals surface area contributed by atoms with Gasteiger partial charge >= 0.3 is 0 Å². The Balaban J connectivity index is 1.51. The van der Waals surface area contributed by atoms with Crippen molar-refractivity contribution < 1.29 is 9.59 Å². The Hall–Kier alpha value is -2.44. The van der Waals surface area contributed by atoms with Gasteiger partial charge in [0.05, 0.1) is 4.88 Å². The third kappa shape index (κ3) is 4.31. The van der Waals surface area contributed by atoms with Crippen molar-refractivity contribution in [2.45, 2.75) is 13.1 Å². The number of rotatable bonds is 6. The van der Waals surface area contributed by atoms with Crippen LogP contribution in [-0.2, 0) is 13.1 Å². The van der Waals surface area contributed by atoms with E-state index in [0.717, 1.165) is 11.1 Å². The lowest BCUT2D eigenvalue weighted by Crippen LogP contribution is -2.23. The van der Waals surface area contributed by atoms with Crippen molar-refractivity contribution in [2.75, 3.05) is 0 Å². The van der Waals surface area contributed by atoms with Crippen LogP contribution >= 0.6 is 22.7 Å². The van der Waals surface area contributed by atoms with E-state index in [1.807, 2.05) is 40.4 Å². The molecule has 0 fully saturated rings. The molecule has 3 rings (SSSR count). The molecule has 2 heterocycles. The van der Waals surface area contributed by atoms with E-state index in [4.69, 9.17) is 0 Å². The van der Waals surface area contributed by atoms with E-state index >= 15 is 0 Å². The van der Waals surface area contributed by atoms with Crippen molar-refractivity contribution >= 4 is 34.5 Å². The molecule has 0 atom stereocenters. The quantitative estimate of drug-likeness (QED) is 0.708. The molecule has 0 aliphatic heterocycles. The summed E-state index contributed by atoms with van der Waals surface area (Å²) in [7, 11) is 0. The molecule has 0 saturated carbocycles. The Labute approximate surface area is 148 Å². The van der Waals surface area contributed by atoms with Gasteiger partial charge in [-0.15, -0.1) is 11.3 Å². The lowest BCUT2D eigenvalue weighted by Gasteiger charge is -2.07. The number of hydrogen-bond acceptors (Lipinski definition) is 4. The molecule has 0 unspecified atom stereocenters. The van der Waals surface area contributed by atoms with Crippen LogP contribution in [0.2, 0.25) is 0 Å². The zero-order chi connectivity index (χ0) is 16.8. The summed E-state index contributed by atoms with van der Waals surface area (Å²) < 4.78 is 0. The van der Waals surface area contributed by atoms with Crippen LogP contribution < -0.4 is 10.6 Å². The minimum Gasteiger partial charge on any atom is -0.348 e. The highest BCUT2D eigenvalue weighted by molar-refractivity contribution is 7.12. The maximum absolute atomic E-state index is 12.1. The molecule has 1 aromatic carbocycles. The number of amides is 2. The summed E-state index contributed by atoms with van der Waals surface area (Å²) in [5.74, 6) is -0.182. The highest BCUT2D eigenvalue weighted by Gasteiger charge is 2.07. The largest absolute Gasteiger partial charge is 0.348 e. The molecule has 2 N–H and O–H groups in total. The molecule has 0 spiro atoms. The average molecular weight is 356 g/mol. The Morgan fingerprint density at radius 1 is 0.833 bits per heavy atom. The molecule has 6 heteroatoms. The zero-order valence-electron chi connectivity index (χ0n) is 12.8. The highest BCUT2D eigenvalue weighted by atomic mass is 32.1. The van der Waals surface area contributed by atoms with Gasteiger partial charge in [0.1, 0.15) is 0 Å². The molecule has 0 aliphatic rings. The molecule has 0 radical (unpaired) electrons. The smallest absolute Gasteiger partial charge is 0.261 e. The van der Waals surface area contributed by atoms with Gasteiger partial charge in [-0.25, -0.2) is 0 Å². The number of hydrogen-bond donors (Lipinski definition) is 2. The third-order valence-corrected chi connectivity index (χ3v) is 5.05. The number of benzene rings is 1. The standard InChI is InChI=1S/C18H16N2O2S2/c21-17(19-11-14-7-9-23-12-14)15-5-3-13(4-6-15)10-20-18(22)16-2-1-8-24-16/h1-9,12H,10-11H2,(H,19,21)(H,20,22). The summed E-state index contributed by atoms with van der Waals surface area (Å²) in [5, 5.41) is 11.6. The molecule has 0 bridgehead atoms. The predicted molar refractivity (Wildman–Crippen MR) is 97.4 cm³/mol. The van der Waals surface area contributed by atoms with Gasteiger partial charge in [-0.1, -0.05) is 18.2 Å². The van der Waals surface area contributed by atoms with Gasteiger partial charge in [-0.05, 0) is 51.5 Å². The summed E-state index contributed by atoms with van der Waals surface area (Å²) in [6, 6.07) is 12.9. The molecule has 4 nitrogen and oxygen atoms in total. The maximum Gasteiger partial charge on any atom is 0.261 e. The summed E-state index contributed by atoms with van der Waals surface area (Å²) >= 11 is 3.02. The second-order valence-corrected chi connectivity index (χ2v) is 6.90. The van der Waals surface area contributed by atoms with Crippen molar-refractivity contribution in [3.8, 4) is 0 Å². The van der Waals surface area contributed by atoms with Crippen LogP contribution in [0.15, 0.2) is 58.6 Å². The zero-order valence-corrected chi connectivity index (χ0v) is 14.5. The summed E-state index contributed by atoms with van der Waals surface area (Å²) in [6.45, 7) is 0.967. The first-order valence-corrected chi connectivity index (χ1v) is 9.24. The van der Waals surface area contributed by atoms with Crippen molar-refractivity contribution in [3.05, 3.63) is 80.2 Å². The molecule has 24 heavy (non-hydrogen) atoms. The van der Waals surface area contributed by atoms with E-state index in [0.29, 0.717) is 23.5 Å². The van der Waals surface area contributed by atoms with E-state index < -0.39 is 0 Å². The van der Waals surface area contributed by atoms with Crippen LogP contribution in [0.4, 0.5) is 0 Å². The highest BCUT2D eigenvalue weighted by Crippen LogP contribution is 2.10. The van der Waals surface area contributed by atoms with Crippen molar-refractivity contribution in [2.24, 2.45) is 0 Å². The van der Waals surface area contributed by atoms with E-state index in [1.165, 1.54) is 11.3 Å². The monoisotopic (exact) mass is 356 g/mol. The number of carbonyl (C=O) groups excluding carboxylic acids is 2. The summed E-state index contributed by atoms with van der Waals surface area (Å²) in [4.78, 5) is 24.7. The molecular weight excluding hydrogens is 340 g/mol. The fourth-order valence-corrected chi connectivity index (χ4v) is 3.44. The molecular formula is C18H16N2O2S2. The molecule has 3 aromatic rings. The van der Waals surface area contributed by atoms with E-state index in [-0.39, 0.29) is 11.8 Å². The van der Waals surface area contributed by atoms with Crippen LogP contribution in [0.3, 0.4) is 0 Å². The van der Waals surface area contributed by atoms with Crippen molar-refractivity contribution in [1.29, 1.82) is 0 Å². The lowest BCUT2D eigenvalue weighted by atomic mass is 10.1. The molecule has 0 saturated heterocycles. The maximum atomic E-state index is 12.1. The Morgan fingerprint density at radius 3 is 2.25 bits per heavy atom. The average Bonchev–Trinajstić information content (AvgIpc) is 3.31. The topological polar surface area (TPSA) is 58.2 Å². The van der Waals surface area contributed by atoms with Crippen molar-refractivity contribution in [3.63, 3.8) is 0 Å².